The highest BCUT2D eigenvalue weighted by Gasteiger charge is 2.50. The number of ether oxygens (including phenoxy) is 5. The van der Waals surface area contributed by atoms with Gasteiger partial charge in [-0.25, -0.2) is 4.79 Å². The molecule has 0 radical (unpaired) electrons. The van der Waals surface area contributed by atoms with Crippen molar-refractivity contribution in [2.75, 3.05) is 13.2 Å². The van der Waals surface area contributed by atoms with Crippen LogP contribution in [0.15, 0.2) is 158 Å². The first kappa shape index (κ1) is 71.4. The molecule has 0 aromatic rings. The Kier molecular flexibility index (Phi) is 47.9. The molecule has 440 valence electrons. The van der Waals surface area contributed by atoms with Crippen molar-refractivity contribution >= 4 is 23.9 Å². The largest absolute Gasteiger partial charge is 0.479 e. The second-order valence-electron chi connectivity index (χ2n) is 19.1. The number of carboxylic acids is 1. The predicted octanol–water partition coefficient (Wildman–Crippen LogP) is 15.3. The van der Waals surface area contributed by atoms with Crippen LogP contribution in [0.1, 0.15) is 188 Å². The van der Waals surface area contributed by atoms with Crippen LogP contribution in [0.5, 0.6) is 0 Å². The van der Waals surface area contributed by atoms with E-state index in [0.29, 0.717) is 25.7 Å². The molecule has 0 aromatic carbocycles. The third-order valence-corrected chi connectivity index (χ3v) is 12.1. The summed E-state index contributed by atoms with van der Waals surface area (Å²) in [6.07, 6.45) is 65.3. The van der Waals surface area contributed by atoms with Gasteiger partial charge in [-0.3, -0.25) is 14.4 Å². The quantitative estimate of drug-likeness (QED) is 0.0228. The predicted molar refractivity (Wildman–Crippen MR) is 321 cm³/mol. The summed E-state index contributed by atoms with van der Waals surface area (Å²) in [6, 6.07) is 0. The van der Waals surface area contributed by atoms with Crippen molar-refractivity contribution in [3.05, 3.63) is 158 Å². The molecule has 1 heterocycles. The number of aliphatic carboxylic acids is 1. The summed E-state index contributed by atoms with van der Waals surface area (Å²) in [6.45, 7) is 5.51. The first-order chi connectivity index (χ1) is 38.6. The summed E-state index contributed by atoms with van der Waals surface area (Å²) in [7, 11) is 0. The maximum absolute atomic E-state index is 13.1. The minimum atomic E-state index is -1.94. The molecular weight excluding hydrogens is 997 g/mol. The fourth-order valence-corrected chi connectivity index (χ4v) is 7.72. The molecule has 12 nitrogen and oxygen atoms in total. The van der Waals surface area contributed by atoms with Crippen molar-refractivity contribution in [2.24, 2.45) is 0 Å². The van der Waals surface area contributed by atoms with E-state index >= 15 is 0 Å². The monoisotopic (exact) mass is 1100 g/mol. The lowest BCUT2D eigenvalue weighted by Crippen LogP contribution is -2.61. The maximum Gasteiger partial charge on any atom is 0.335 e. The number of carboxylic acid groups (broad SMARTS) is 1. The van der Waals surface area contributed by atoms with E-state index in [4.69, 9.17) is 23.7 Å². The van der Waals surface area contributed by atoms with Gasteiger partial charge in [0, 0.05) is 12.8 Å². The molecule has 79 heavy (non-hydrogen) atoms. The van der Waals surface area contributed by atoms with Gasteiger partial charge in [-0.05, 0) is 122 Å². The molecule has 6 atom stereocenters. The van der Waals surface area contributed by atoms with Crippen LogP contribution < -0.4 is 0 Å². The second kappa shape index (κ2) is 53.0. The highest BCUT2D eigenvalue weighted by molar-refractivity contribution is 5.74. The Morgan fingerprint density at radius 3 is 1.24 bits per heavy atom. The van der Waals surface area contributed by atoms with E-state index in [1.807, 2.05) is 24.3 Å². The van der Waals surface area contributed by atoms with Gasteiger partial charge in [-0.1, -0.05) is 204 Å². The summed E-state index contributed by atoms with van der Waals surface area (Å²) in [5, 5.41) is 31.5. The lowest BCUT2D eigenvalue weighted by molar-refractivity contribution is -0.301. The van der Waals surface area contributed by atoms with Gasteiger partial charge in [0.2, 0.25) is 0 Å². The van der Waals surface area contributed by atoms with Crippen molar-refractivity contribution in [3.63, 3.8) is 0 Å². The molecule has 1 rings (SSSR count). The van der Waals surface area contributed by atoms with E-state index in [0.717, 1.165) is 122 Å². The average Bonchev–Trinajstić information content (AvgIpc) is 3.46. The molecule has 0 bridgehead atoms. The van der Waals surface area contributed by atoms with E-state index in [-0.39, 0.29) is 25.9 Å². The summed E-state index contributed by atoms with van der Waals surface area (Å²) >= 11 is 0. The molecule has 0 saturated carbocycles. The van der Waals surface area contributed by atoms with E-state index in [9.17, 15) is 34.5 Å². The van der Waals surface area contributed by atoms with Gasteiger partial charge < -0.3 is 39.0 Å². The van der Waals surface area contributed by atoms with Crippen LogP contribution in [0.4, 0.5) is 0 Å². The third kappa shape index (κ3) is 42.9. The zero-order valence-electron chi connectivity index (χ0n) is 48.3. The van der Waals surface area contributed by atoms with Crippen LogP contribution in [-0.4, -0.2) is 89.2 Å². The minimum absolute atomic E-state index is 0.0133. The molecule has 1 aliphatic heterocycles. The molecule has 1 saturated heterocycles. The van der Waals surface area contributed by atoms with Gasteiger partial charge in [0.1, 0.15) is 18.8 Å². The topological polar surface area (TPSA) is 175 Å². The number of carbonyl (C=O) groups is 4. The molecule has 0 spiro atoms. The number of unbranched alkanes of at least 4 members (excludes halogenated alkanes) is 8. The van der Waals surface area contributed by atoms with E-state index < -0.39 is 67.3 Å². The Labute approximate surface area is 475 Å². The average molecular weight is 1100 g/mol. The Morgan fingerprint density at radius 2 is 0.797 bits per heavy atom. The van der Waals surface area contributed by atoms with Gasteiger partial charge in [0.25, 0.3) is 0 Å². The Morgan fingerprint density at radius 1 is 0.430 bits per heavy atom. The SMILES string of the molecule is CC/C=C\C/C=C\C/C=C\C/C=C\C/C=C\CC(=O)OC(COC(=O)CCCCCCCC/C=C\C/C=C\C/C=C\C/C=C\CC)COC1OC(C(=O)O)C(O)C(O)C1OC(=O)CCCC/C=C\C/C=C\C/C=C\C/C=C\CC. The van der Waals surface area contributed by atoms with Crippen LogP contribution in [-0.2, 0) is 42.9 Å². The Hall–Kier alpha value is -5.66. The standard InChI is InChI=1S/C67H100O12/c1-4-7-10-13-16-19-22-25-28-29-30-31-34-35-38-41-44-47-50-53-59(68)75-56-58(77-60(69)54-51-48-45-42-39-36-32-26-23-20-17-14-11-8-5-2)57-76-67-65(63(72)62(71)64(79-67)66(73)74)78-61(70)55-52-49-46-43-40-37-33-27-24-21-18-15-12-9-6-3/h7-12,16-21,25-28,30-33,39-40,42-43,48,51,58,62-65,67,71-72H,4-6,13-15,22-24,29,34-38,41,44-47,49-50,52-57H2,1-3H3,(H,73,74)/b10-7-,11-8-,12-9-,19-16-,20-17-,21-18-,28-25-,31-30-,32-26-,33-27-,42-39-,43-40-,51-48-. The molecule has 3 N–H and O–H groups in total. The molecule has 1 fully saturated rings. The zero-order valence-corrected chi connectivity index (χ0v) is 48.3. The number of esters is 3. The second-order valence-corrected chi connectivity index (χ2v) is 19.1. The van der Waals surface area contributed by atoms with E-state index in [1.165, 1.54) is 0 Å². The molecule has 0 aromatic heterocycles. The number of carbonyl (C=O) groups excluding carboxylic acids is 3. The molecule has 0 aliphatic carbocycles. The van der Waals surface area contributed by atoms with E-state index in [2.05, 4.69) is 148 Å². The fourth-order valence-electron chi connectivity index (χ4n) is 7.72. The van der Waals surface area contributed by atoms with Crippen LogP contribution in [0.3, 0.4) is 0 Å². The summed E-state index contributed by atoms with van der Waals surface area (Å²) in [5.41, 5.74) is 0. The Bertz CT molecular complexity index is 1980. The summed E-state index contributed by atoms with van der Waals surface area (Å²) in [5.74, 6) is -3.39. The minimum Gasteiger partial charge on any atom is -0.479 e. The van der Waals surface area contributed by atoms with Gasteiger partial charge in [0.05, 0.1) is 13.0 Å². The first-order valence-corrected chi connectivity index (χ1v) is 29.5. The first-order valence-electron chi connectivity index (χ1n) is 29.5. The van der Waals surface area contributed by atoms with Gasteiger partial charge in [0.15, 0.2) is 24.6 Å². The smallest absolute Gasteiger partial charge is 0.335 e. The van der Waals surface area contributed by atoms with E-state index in [1.54, 1.807) is 6.08 Å². The van der Waals surface area contributed by atoms with Crippen LogP contribution in [0.2, 0.25) is 0 Å². The van der Waals surface area contributed by atoms with Crippen molar-refractivity contribution in [1.82, 2.24) is 0 Å². The molecule has 6 unspecified atom stereocenters. The number of hydrogen-bond donors (Lipinski definition) is 3. The van der Waals surface area contributed by atoms with Crippen LogP contribution in [0, 0.1) is 0 Å². The normalized spacial score (nSPS) is 19.0. The van der Waals surface area contributed by atoms with Crippen molar-refractivity contribution in [3.8, 4) is 0 Å². The summed E-state index contributed by atoms with van der Waals surface area (Å²) < 4.78 is 28.2. The molecule has 0 amide bonds. The number of hydrogen-bond acceptors (Lipinski definition) is 11. The third-order valence-electron chi connectivity index (χ3n) is 12.1. The highest BCUT2D eigenvalue weighted by Crippen LogP contribution is 2.26. The van der Waals surface area contributed by atoms with Gasteiger partial charge in [-0.15, -0.1) is 0 Å². The van der Waals surface area contributed by atoms with Crippen molar-refractivity contribution in [1.29, 1.82) is 0 Å². The molecule has 12 heteroatoms. The van der Waals surface area contributed by atoms with Crippen LogP contribution in [0.25, 0.3) is 0 Å². The van der Waals surface area contributed by atoms with Crippen molar-refractivity contribution in [2.45, 2.75) is 225 Å². The Balaban J connectivity index is 2.78. The fraction of sp³-hybridized carbons (Fsp3) is 0.552. The van der Waals surface area contributed by atoms with Gasteiger partial charge >= 0.3 is 23.9 Å². The maximum atomic E-state index is 13.1. The number of rotatable bonds is 47. The number of aliphatic hydroxyl groups excluding tert-OH is 2. The zero-order chi connectivity index (χ0) is 57.5. The lowest BCUT2D eigenvalue weighted by Gasteiger charge is -2.40. The van der Waals surface area contributed by atoms with Crippen LogP contribution >= 0.6 is 0 Å². The summed E-state index contributed by atoms with van der Waals surface area (Å²) in [4.78, 5) is 51.1. The van der Waals surface area contributed by atoms with Crippen molar-refractivity contribution < 1.29 is 58.2 Å². The number of aliphatic hydroxyl groups is 2. The van der Waals surface area contributed by atoms with Gasteiger partial charge in [-0.2, -0.15) is 0 Å². The molecular formula is C67H100O12. The molecule has 1 aliphatic rings. The lowest BCUT2D eigenvalue weighted by atomic mass is 9.98. The number of allylic oxidation sites excluding steroid dienone is 25. The highest BCUT2D eigenvalue weighted by atomic mass is 16.7.